The highest BCUT2D eigenvalue weighted by atomic mass is 16.5. The second kappa shape index (κ2) is 7.60. The van der Waals surface area contributed by atoms with Gasteiger partial charge in [-0.25, -0.2) is 10.1 Å². The number of ether oxygens (including phenoxy) is 2. The van der Waals surface area contributed by atoms with Crippen LogP contribution in [0.25, 0.3) is 10.9 Å². The van der Waals surface area contributed by atoms with Crippen LogP contribution >= 0.6 is 0 Å². The number of nitrogens with zero attached hydrogens (tertiary/aromatic N) is 4. The van der Waals surface area contributed by atoms with Gasteiger partial charge in [0.15, 0.2) is 5.82 Å². The lowest BCUT2D eigenvalue weighted by Crippen LogP contribution is -2.03. The van der Waals surface area contributed by atoms with Crippen molar-refractivity contribution in [1.82, 2.24) is 25.6 Å². The van der Waals surface area contributed by atoms with Crippen molar-refractivity contribution in [3.05, 3.63) is 72.2 Å². The Labute approximate surface area is 150 Å². The van der Waals surface area contributed by atoms with Gasteiger partial charge < -0.3 is 9.47 Å². The fraction of sp³-hybridized carbons (Fsp3) is 0.158. The number of rotatable bonds is 7. The maximum Gasteiger partial charge on any atom is 0.151 e. The largest absolute Gasteiger partial charge is 0.493 e. The molecule has 0 saturated carbocycles. The number of benzene rings is 2. The molecule has 2 aromatic heterocycles. The van der Waals surface area contributed by atoms with Crippen LogP contribution in [0.15, 0.2) is 60.7 Å². The Balaban J connectivity index is 1.30. The van der Waals surface area contributed by atoms with Gasteiger partial charge in [0.2, 0.25) is 0 Å². The van der Waals surface area contributed by atoms with Crippen molar-refractivity contribution in [3.63, 3.8) is 0 Å². The van der Waals surface area contributed by atoms with Crippen LogP contribution in [0, 0.1) is 0 Å². The maximum absolute atomic E-state index is 5.81. The van der Waals surface area contributed by atoms with Gasteiger partial charge in [0.1, 0.15) is 18.1 Å². The number of H-pyrrole nitrogens is 1. The molecule has 0 unspecified atom stereocenters. The first-order valence-electron chi connectivity index (χ1n) is 8.30. The second-order valence-corrected chi connectivity index (χ2v) is 5.70. The highest BCUT2D eigenvalue weighted by Gasteiger charge is 2.02. The van der Waals surface area contributed by atoms with Crippen LogP contribution in [0.3, 0.4) is 0 Å². The summed E-state index contributed by atoms with van der Waals surface area (Å²) in [6, 6.07) is 19.6. The third-order valence-corrected chi connectivity index (χ3v) is 3.86. The fourth-order valence-corrected chi connectivity index (χ4v) is 2.53. The Morgan fingerprint density at radius 2 is 1.65 bits per heavy atom. The Morgan fingerprint density at radius 3 is 2.46 bits per heavy atom. The van der Waals surface area contributed by atoms with Crippen molar-refractivity contribution in [2.45, 2.75) is 13.0 Å². The molecule has 0 radical (unpaired) electrons. The molecule has 0 amide bonds. The van der Waals surface area contributed by atoms with Gasteiger partial charge in [-0.1, -0.05) is 24.3 Å². The average molecular weight is 347 g/mol. The molecule has 1 N–H and O–H groups in total. The molecule has 4 aromatic rings. The number of para-hydroxylation sites is 1. The zero-order chi connectivity index (χ0) is 17.6. The summed E-state index contributed by atoms with van der Waals surface area (Å²) in [5.41, 5.74) is 1.86. The van der Waals surface area contributed by atoms with Crippen LogP contribution in [-0.2, 0) is 13.0 Å². The van der Waals surface area contributed by atoms with Gasteiger partial charge in [-0.2, -0.15) is 0 Å². The minimum absolute atomic E-state index is 0.420. The van der Waals surface area contributed by atoms with Gasteiger partial charge in [-0.3, -0.25) is 0 Å². The number of aromatic amines is 1. The second-order valence-electron chi connectivity index (χ2n) is 5.70. The summed E-state index contributed by atoms with van der Waals surface area (Å²) >= 11 is 0. The molecule has 2 aromatic carbocycles. The molecule has 26 heavy (non-hydrogen) atoms. The molecule has 130 valence electrons. The first kappa shape index (κ1) is 16.0. The van der Waals surface area contributed by atoms with E-state index >= 15 is 0 Å². The van der Waals surface area contributed by atoms with E-state index in [0.717, 1.165) is 28.1 Å². The Hall–Kier alpha value is -3.48. The molecule has 2 heterocycles. The summed E-state index contributed by atoms with van der Waals surface area (Å²) in [6.07, 6.45) is 0.624. The van der Waals surface area contributed by atoms with Crippen LogP contribution in [0.4, 0.5) is 0 Å². The Bertz CT molecular complexity index is 971. The number of nitrogens with one attached hydrogen (secondary N) is 1. The number of aromatic nitrogens is 5. The van der Waals surface area contributed by atoms with Crippen LogP contribution in [-0.4, -0.2) is 32.2 Å². The topological polar surface area (TPSA) is 85.8 Å². The van der Waals surface area contributed by atoms with Crippen molar-refractivity contribution in [3.8, 4) is 11.5 Å². The molecule has 0 atom stereocenters. The molecular formula is C19H17N5O2. The molecule has 0 aliphatic rings. The number of tetrazole rings is 1. The van der Waals surface area contributed by atoms with E-state index in [0.29, 0.717) is 25.5 Å². The summed E-state index contributed by atoms with van der Waals surface area (Å²) in [7, 11) is 0. The highest BCUT2D eigenvalue weighted by Crippen LogP contribution is 2.19. The fourth-order valence-electron chi connectivity index (χ4n) is 2.53. The summed E-state index contributed by atoms with van der Waals surface area (Å²) in [5.74, 6) is 2.24. The van der Waals surface area contributed by atoms with E-state index in [-0.39, 0.29) is 0 Å². The third kappa shape index (κ3) is 3.94. The van der Waals surface area contributed by atoms with E-state index in [1.54, 1.807) is 0 Å². The van der Waals surface area contributed by atoms with E-state index in [9.17, 15) is 0 Å². The SMILES string of the molecule is c1ccc2nc(COc3ccc(OCCc4nnn[nH]4)cc3)ccc2c1. The summed E-state index contributed by atoms with van der Waals surface area (Å²) in [4.78, 5) is 4.60. The van der Waals surface area contributed by atoms with E-state index < -0.39 is 0 Å². The van der Waals surface area contributed by atoms with Gasteiger partial charge in [0.25, 0.3) is 0 Å². The number of hydrogen-bond acceptors (Lipinski definition) is 6. The van der Waals surface area contributed by atoms with Gasteiger partial charge in [-0.15, -0.1) is 5.10 Å². The molecule has 7 nitrogen and oxygen atoms in total. The Morgan fingerprint density at radius 1 is 0.846 bits per heavy atom. The first-order valence-corrected chi connectivity index (χ1v) is 8.30. The smallest absolute Gasteiger partial charge is 0.151 e. The first-order chi connectivity index (χ1) is 12.9. The van der Waals surface area contributed by atoms with E-state index in [1.165, 1.54) is 0 Å². The lowest BCUT2D eigenvalue weighted by molar-refractivity contribution is 0.298. The molecule has 7 heteroatoms. The van der Waals surface area contributed by atoms with Crippen molar-refractivity contribution in [2.24, 2.45) is 0 Å². The summed E-state index contributed by atoms with van der Waals surface area (Å²) in [5, 5.41) is 14.7. The third-order valence-electron chi connectivity index (χ3n) is 3.86. The zero-order valence-corrected chi connectivity index (χ0v) is 14.0. The molecule has 0 fully saturated rings. The Kier molecular flexibility index (Phi) is 4.68. The van der Waals surface area contributed by atoms with E-state index in [4.69, 9.17) is 9.47 Å². The standard InChI is InChI=1S/C19H17N5O2/c1-2-4-18-14(3-1)5-6-15(20-18)13-26-17-9-7-16(8-10-17)25-12-11-19-21-23-24-22-19/h1-10H,11-13H2,(H,21,22,23,24). The van der Waals surface area contributed by atoms with Crippen molar-refractivity contribution >= 4 is 10.9 Å². The number of hydrogen-bond donors (Lipinski definition) is 1. The van der Waals surface area contributed by atoms with Crippen molar-refractivity contribution < 1.29 is 9.47 Å². The van der Waals surface area contributed by atoms with Gasteiger partial charge in [0, 0.05) is 11.8 Å². The maximum atomic E-state index is 5.81. The minimum Gasteiger partial charge on any atom is -0.493 e. The van der Waals surface area contributed by atoms with E-state index in [1.807, 2.05) is 54.6 Å². The molecule has 0 aliphatic carbocycles. The van der Waals surface area contributed by atoms with Gasteiger partial charge in [0.05, 0.1) is 17.8 Å². The van der Waals surface area contributed by atoms with Crippen LogP contribution in [0.1, 0.15) is 11.5 Å². The minimum atomic E-state index is 0.420. The lowest BCUT2D eigenvalue weighted by Gasteiger charge is -2.08. The van der Waals surface area contributed by atoms with E-state index in [2.05, 4.69) is 31.7 Å². The quantitative estimate of drug-likeness (QED) is 0.553. The average Bonchev–Trinajstić information content (AvgIpc) is 3.21. The summed E-state index contributed by atoms with van der Waals surface area (Å²) in [6.45, 7) is 0.918. The van der Waals surface area contributed by atoms with Crippen molar-refractivity contribution in [2.75, 3.05) is 6.61 Å². The van der Waals surface area contributed by atoms with Crippen molar-refractivity contribution in [1.29, 1.82) is 0 Å². The number of pyridine rings is 1. The monoisotopic (exact) mass is 347 g/mol. The number of fused-ring (bicyclic) bond motifs is 1. The highest BCUT2D eigenvalue weighted by molar-refractivity contribution is 5.78. The predicted octanol–water partition coefficient (Wildman–Crippen LogP) is 2.95. The lowest BCUT2D eigenvalue weighted by atomic mass is 10.2. The molecule has 0 spiro atoms. The molecule has 0 aliphatic heterocycles. The summed E-state index contributed by atoms with van der Waals surface area (Å²) < 4.78 is 11.5. The molecule has 0 bridgehead atoms. The predicted molar refractivity (Wildman–Crippen MR) is 95.9 cm³/mol. The van der Waals surface area contributed by atoms with Gasteiger partial charge in [-0.05, 0) is 46.8 Å². The molecular weight excluding hydrogens is 330 g/mol. The van der Waals surface area contributed by atoms with Crippen LogP contribution in [0.2, 0.25) is 0 Å². The normalized spacial score (nSPS) is 10.8. The zero-order valence-electron chi connectivity index (χ0n) is 14.0. The van der Waals surface area contributed by atoms with Crippen LogP contribution < -0.4 is 9.47 Å². The molecule has 4 rings (SSSR count). The molecule has 0 saturated heterocycles. The van der Waals surface area contributed by atoms with Gasteiger partial charge >= 0.3 is 0 Å². The van der Waals surface area contributed by atoms with Crippen LogP contribution in [0.5, 0.6) is 11.5 Å².